The molecule has 1 aliphatic rings. The molecule has 0 spiro atoms. The number of hydrogen-bond donors (Lipinski definition) is 1. The van der Waals surface area contributed by atoms with Gasteiger partial charge in [-0.15, -0.1) is 0 Å². The molecule has 6 nitrogen and oxygen atoms in total. The Hall–Kier alpha value is -1.79. The number of ether oxygens (including phenoxy) is 3. The zero-order valence-corrected chi connectivity index (χ0v) is 13.8. The zero-order chi connectivity index (χ0) is 16.7. The van der Waals surface area contributed by atoms with Crippen molar-refractivity contribution in [2.45, 2.75) is 19.8 Å². The average molecular weight is 323 g/mol. The highest BCUT2D eigenvalue weighted by atomic mass is 16.5. The van der Waals surface area contributed by atoms with E-state index in [2.05, 4.69) is 4.90 Å². The van der Waals surface area contributed by atoms with Crippen LogP contribution >= 0.6 is 0 Å². The summed E-state index contributed by atoms with van der Waals surface area (Å²) in [4.78, 5) is 13.6. The highest BCUT2D eigenvalue weighted by molar-refractivity contribution is 5.90. The Morgan fingerprint density at radius 3 is 2.70 bits per heavy atom. The van der Waals surface area contributed by atoms with Crippen molar-refractivity contribution in [3.8, 4) is 11.5 Å². The summed E-state index contributed by atoms with van der Waals surface area (Å²) < 4.78 is 16.5. The summed E-state index contributed by atoms with van der Waals surface area (Å²) in [5.41, 5.74) is 0.940. The van der Waals surface area contributed by atoms with Gasteiger partial charge in [0.25, 0.3) is 0 Å². The van der Waals surface area contributed by atoms with Crippen LogP contribution in [-0.2, 0) is 11.2 Å². The van der Waals surface area contributed by atoms with Crippen LogP contribution in [0.4, 0.5) is 0 Å². The minimum atomic E-state index is -0.945. The summed E-state index contributed by atoms with van der Waals surface area (Å²) in [7, 11) is 1.54. The maximum absolute atomic E-state index is 11.3. The number of nitrogens with zero attached hydrogens (tertiary/aromatic N) is 1. The van der Waals surface area contributed by atoms with E-state index in [0.717, 1.165) is 39.3 Å². The summed E-state index contributed by atoms with van der Waals surface area (Å²) >= 11 is 0. The molecule has 6 heteroatoms. The molecule has 1 aliphatic heterocycles. The molecular formula is C17H25NO5. The molecule has 1 N–H and O–H groups in total. The molecule has 0 amide bonds. The molecule has 0 radical (unpaired) electrons. The normalized spacial score (nSPS) is 15.4. The number of carboxylic acid groups (broad SMARTS) is 1. The molecule has 0 aromatic heterocycles. The van der Waals surface area contributed by atoms with Crippen molar-refractivity contribution < 1.29 is 24.1 Å². The van der Waals surface area contributed by atoms with Gasteiger partial charge in [-0.2, -0.15) is 0 Å². The van der Waals surface area contributed by atoms with E-state index in [9.17, 15) is 9.90 Å². The number of aromatic carboxylic acids is 1. The molecule has 1 heterocycles. The van der Waals surface area contributed by atoms with Crippen LogP contribution in [0, 0.1) is 0 Å². The number of morpholine rings is 1. The van der Waals surface area contributed by atoms with Crippen LogP contribution in [0.1, 0.15) is 29.3 Å². The van der Waals surface area contributed by atoms with Gasteiger partial charge in [0.15, 0.2) is 11.5 Å². The van der Waals surface area contributed by atoms with Gasteiger partial charge in [0, 0.05) is 25.2 Å². The number of carboxylic acids is 1. The lowest BCUT2D eigenvalue weighted by atomic mass is 10.0. The number of carbonyl (C=O) groups is 1. The third-order valence-electron chi connectivity index (χ3n) is 3.99. The van der Waals surface area contributed by atoms with E-state index < -0.39 is 5.97 Å². The van der Waals surface area contributed by atoms with Crippen molar-refractivity contribution >= 4 is 5.97 Å². The molecule has 128 valence electrons. The Labute approximate surface area is 136 Å². The predicted octanol–water partition coefficient (Wildman–Crippen LogP) is 2.06. The van der Waals surface area contributed by atoms with Crippen LogP contribution < -0.4 is 9.47 Å². The van der Waals surface area contributed by atoms with Crippen LogP contribution in [0.3, 0.4) is 0 Å². The zero-order valence-electron chi connectivity index (χ0n) is 13.8. The SMILES string of the molecule is CCc1c(C(=O)O)ccc(OCCCN2CCOCC2)c1OC. The van der Waals surface area contributed by atoms with E-state index in [-0.39, 0.29) is 5.56 Å². The fraction of sp³-hybridized carbons (Fsp3) is 0.588. The number of hydrogen-bond acceptors (Lipinski definition) is 5. The molecule has 0 unspecified atom stereocenters. The smallest absolute Gasteiger partial charge is 0.336 e. The third kappa shape index (κ3) is 4.59. The fourth-order valence-electron chi connectivity index (χ4n) is 2.79. The molecule has 0 saturated carbocycles. The first-order chi connectivity index (χ1) is 11.2. The van der Waals surface area contributed by atoms with Gasteiger partial charge in [-0.3, -0.25) is 4.90 Å². The van der Waals surface area contributed by atoms with Crippen LogP contribution in [0.15, 0.2) is 12.1 Å². The predicted molar refractivity (Wildman–Crippen MR) is 86.7 cm³/mol. The van der Waals surface area contributed by atoms with E-state index >= 15 is 0 Å². The van der Waals surface area contributed by atoms with Gasteiger partial charge in [-0.1, -0.05) is 6.92 Å². The van der Waals surface area contributed by atoms with Crippen molar-refractivity contribution in [2.75, 3.05) is 46.6 Å². The van der Waals surface area contributed by atoms with Crippen LogP contribution in [0.2, 0.25) is 0 Å². The number of rotatable bonds is 8. The minimum absolute atomic E-state index is 0.269. The highest BCUT2D eigenvalue weighted by Gasteiger charge is 2.18. The van der Waals surface area contributed by atoms with Gasteiger partial charge < -0.3 is 19.3 Å². The first-order valence-electron chi connectivity index (χ1n) is 8.03. The van der Waals surface area contributed by atoms with E-state index in [1.807, 2.05) is 6.92 Å². The van der Waals surface area contributed by atoms with Gasteiger partial charge in [-0.05, 0) is 25.0 Å². The Kier molecular flexibility index (Phi) is 6.67. The van der Waals surface area contributed by atoms with Crippen molar-refractivity contribution in [1.29, 1.82) is 0 Å². The van der Waals surface area contributed by atoms with Crippen LogP contribution in [0.5, 0.6) is 11.5 Å². The molecule has 1 saturated heterocycles. The lowest BCUT2D eigenvalue weighted by molar-refractivity contribution is 0.0357. The summed E-state index contributed by atoms with van der Waals surface area (Å²) in [6.07, 6.45) is 1.49. The summed E-state index contributed by atoms with van der Waals surface area (Å²) in [5.74, 6) is 0.189. The highest BCUT2D eigenvalue weighted by Crippen LogP contribution is 2.34. The van der Waals surface area contributed by atoms with Crippen LogP contribution in [-0.4, -0.2) is 62.5 Å². The minimum Gasteiger partial charge on any atom is -0.493 e. The van der Waals surface area contributed by atoms with E-state index in [1.165, 1.54) is 0 Å². The molecule has 2 rings (SSSR count). The molecule has 0 aliphatic carbocycles. The van der Waals surface area contributed by atoms with Gasteiger partial charge in [-0.25, -0.2) is 4.79 Å². The molecule has 0 atom stereocenters. The Morgan fingerprint density at radius 2 is 2.09 bits per heavy atom. The quantitative estimate of drug-likeness (QED) is 0.739. The molecule has 1 fully saturated rings. The monoisotopic (exact) mass is 323 g/mol. The summed E-state index contributed by atoms with van der Waals surface area (Å²) in [6.45, 7) is 6.99. The van der Waals surface area contributed by atoms with Crippen LogP contribution in [0.25, 0.3) is 0 Å². The maximum atomic E-state index is 11.3. The summed E-state index contributed by atoms with van der Waals surface area (Å²) in [6, 6.07) is 3.26. The maximum Gasteiger partial charge on any atom is 0.336 e. The van der Waals surface area contributed by atoms with E-state index in [0.29, 0.717) is 30.1 Å². The molecule has 23 heavy (non-hydrogen) atoms. The summed E-state index contributed by atoms with van der Waals surface area (Å²) in [5, 5.41) is 9.25. The molecular weight excluding hydrogens is 298 g/mol. The second-order valence-electron chi connectivity index (χ2n) is 5.44. The molecule has 0 bridgehead atoms. The van der Waals surface area contributed by atoms with Gasteiger partial charge in [0.05, 0.1) is 32.5 Å². The standard InChI is InChI=1S/C17H25NO5/c1-3-13-14(17(19)20)5-6-15(16(13)21-2)23-10-4-7-18-8-11-22-12-9-18/h5-6H,3-4,7-12H2,1-2H3,(H,19,20). The Bertz CT molecular complexity index is 526. The lowest BCUT2D eigenvalue weighted by Gasteiger charge is -2.26. The Morgan fingerprint density at radius 1 is 1.35 bits per heavy atom. The van der Waals surface area contributed by atoms with Gasteiger partial charge in [0.1, 0.15) is 0 Å². The average Bonchev–Trinajstić information content (AvgIpc) is 2.58. The first-order valence-corrected chi connectivity index (χ1v) is 8.03. The second-order valence-corrected chi connectivity index (χ2v) is 5.44. The van der Waals surface area contributed by atoms with Crippen molar-refractivity contribution in [1.82, 2.24) is 4.90 Å². The van der Waals surface area contributed by atoms with E-state index in [1.54, 1.807) is 19.2 Å². The number of methoxy groups -OCH3 is 1. The topological polar surface area (TPSA) is 68.2 Å². The largest absolute Gasteiger partial charge is 0.493 e. The van der Waals surface area contributed by atoms with Crippen molar-refractivity contribution in [3.05, 3.63) is 23.3 Å². The fourth-order valence-corrected chi connectivity index (χ4v) is 2.79. The van der Waals surface area contributed by atoms with E-state index in [4.69, 9.17) is 14.2 Å². The molecule has 1 aromatic carbocycles. The van der Waals surface area contributed by atoms with Gasteiger partial charge >= 0.3 is 5.97 Å². The first kappa shape index (κ1) is 17.6. The van der Waals surface area contributed by atoms with Crippen molar-refractivity contribution in [3.63, 3.8) is 0 Å². The number of benzene rings is 1. The lowest BCUT2D eigenvalue weighted by Crippen LogP contribution is -2.37. The van der Waals surface area contributed by atoms with Crippen molar-refractivity contribution in [2.24, 2.45) is 0 Å². The third-order valence-corrected chi connectivity index (χ3v) is 3.99. The Balaban J connectivity index is 1.95. The second kappa shape index (κ2) is 8.74. The molecule has 1 aromatic rings. The van der Waals surface area contributed by atoms with Gasteiger partial charge in [0.2, 0.25) is 0 Å².